The van der Waals surface area contributed by atoms with Crippen LogP contribution in [0, 0.1) is 0 Å². The Labute approximate surface area is 77.7 Å². The third-order valence-electron chi connectivity index (χ3n) is 1.79. The topological polar surface area (TPSA) is 81.1 Å². The Hall–Kier alpha value is -1.36. The van der Waals surface area contributed by atoms with Crippen molar-refractivity contribution in [3.63, 3.8) is 0 Å². The average Bonchev–Trinajstić information content (AvgIpc) is 2.08. The van der Waals surface area contributed by atoms with Crippen LogP contribution in [-0.2, 0) is 6.42 Å². The van der Waals surface area contributed by atoms with Gasteiger partial charge >= 0.3 is 0 Å². The van der Waals surface area contributed by atoms with E-state index in [0.29, 0.717) is 11.6 Å². The molecule has 0 aliphatic rings. The molecule has 0 radical (unpaired) electrons. The van der Waals surface area contributed by atoms with E-state index in [9.17, 15) is 0 Å². The first-order valence-electron chi connectivity index (χ1n) is 4.24. The fourth-order valence-corrected chi connectivity index (χ4v) is 1.21. The van der Waals surface area contributed by atoms with Crippen LogP contribution < -0.4 is 16.6 Å². The first-order chi connectivity index (χ1) is 6.16. The Morgan fingerprint density at radius 2 is 2.15 bits per heavy atom. The van der Waals surface area contributed by atoms with E-state index < -0.39 is 0 Å². The second kappa shape index (κ2) is 4.04. The molecule has 0 aliphatic carbocycles. The van der Waals surface area contributed by atoms with Gasteiger partial charge in [0.15, 0.2) is 5.82 Å². The summed E-state index contributed by atoms with van der Waals surface area (Å²) < 4.78 is 0. The van der Waals surface area contributed by atoms with E-state index in [2.05, 4.69) is 16.9 Å². The molecular weight excluding hydrogens is 166 g/mol. The van der Waals surface area contributed by atoms with E-state index >= 15 is 0 Å². The third-order valence-corrected chi connectivity index (χ3v) is 1.79. The molecular formula is C8H15N5. The van der Waals surface area contributed by atoms with Crippen molar-refractivity contribution in [2.75, 3.05) is 17.8 Å². The number of nitrogens with two attached hydrogens (primary N) is 2. The molecule has 0 amide bonds. The SMILES string of the molecule is CCCc1c(N)ncnc1N(C)N. The van der Waals surface area contributed by atoms with Gasteiger partial charge in [0, 0.05) is 12.6 Å². The smallest absolute Gasteiger partial charge is 0.151 e. The summed E-state index contributed by atoms with van der Waals surface area (Å²) in [6, 6.07) is 0. The molecule has 13 heavy (non-hydrogen) atoms. The number of hydrogen-bond acceptors (Lipinski definition) is 5. The Kier molecular flexibility index (Phi) is 3.02. The molecule has 0 saturated carbocycles. The van der Waals surface area contributed by atoms with Crippen LogP contribution >= 0.6 is 0 Å². The molecule has 0 aliphatic heterocycles. The van der Waals surface area contributed by atoms with Crippen molar-refractivity contribution in [3.8, 4) is 0 Å². The van der Waals surface area contributed by atoms with Gasteiger partial charge in [-0.15, -0.1) is 0 Å². The number of anilines is 2. The Bertz CT molecular complexity index is 284. The van der Waals surface area contributed by atoms with Gasteiger partial charge < -0.3 is 5.73 Å². The van der Waals surface area contributed by atoms with E-state index in [0.717, 1.165) is 18.4 Å². The highest BCUT2D eigenvalue weighted by Crippen LogP contribution is 2.19. The number of hydrogen-bond donors (Lipinski definition) is 2. The van der Waals surface area contributed by atoms with E-state index in [1.807, 2.05) is 0 Å². The van der Waals surface area contributed by atoms with Crippen LogP contribution in [0.15, 0.2) is 6.33 Å². The first kappa shape index (κ1) is 9.73. The van der Waals surface area contributed by atoms with Crippen LogP contribution in [0.5, 0.6) is 0 Å². The van der Waals surface area contributed by atoms with Crippen LogP contribution in [0.2, 0.25) is 0 Å². The molecule has 4 N–H and O–H groups in total. The van der Waals surface area contributed by atoms with Gasteiger partial charge in [-0.1, -0.05) is 13.3 Å². The Morgan fingerprint density at radius 1 is 1.46 bits per heavy atom. The molecule has 1 aromatic rings. The van der Waals surface area contributed by atoms with Gasteiger partial charge in [0.05, 0.1) is 0 Å². The summed E-state index contributed by atoms with van der Waals surface area (Å²) in [6.45, 7) is 2.08. The molecule has 0 atom stereocenters. The minimum atomic E-state index is 0.518. The third kappa shape index (κ3) is 2.06. The van der Waals surface area contributed by atoms with Gasteiger partial charge in [0.2, 0.25) is 0 Å². The van der Waals surface area contributed by atoms with E-state index in [-0.39, 0.29) is 0 Å². The normalized spacial score (nSPS) is 10.1. The molecule has 0 unspecified atom stereocenters. The van der Waals surface area contributed by atoms with E-state index in [4.69, 9.17) is 11.6 Å². The maximum atomic E-state index is 5.71. The number of hydrazine groups is 1. The van der Waals surface area contributed by atoms with Crippen LogP contribution in [0.3, 0.4) is 0 Å². The van der Waals surface area contributed by atoms with Crippen molar-refractivity contribution in [2.45, 2.75) is 19.8 Å². The summed E-state index contributed by atoms with van der Waals surface area (Å²) in [7, 11) is 1.74. The van der Waals surface area contributed by atoms with Crippen molar-refractivity contribution < 1.29 is 0 Å². The van der Waals surface area contributed by atoms with E-state index in [1.165, 1.54) is 11.3 Å². The minimum Gasteiger partial charge on any atom is -0.383 e. The average molecular weight is 181 g/mol. The predicted octanol–water partition coefficient (Wildman–Crippen LogP) is 0.321. The summed E-state index contributed by atoms with van der Waals surface area (Å²) in [5.74, 6) is 6.82. The lowest BCUT2D eigenvalue weighted by Crippen LogP contribution is -2.28. The maximum absolute atomic E-state index is 5.71. The molecule has 1 rings (SSSR count). The fourth-order valence-electron chi connectivity index (χ4n) is 1.21. The second-order valence-corrected chi connectivity index (χ2v) is 2.92. The van der Waals surface area contributed by atoms with Crippen molar-refractivity contribution in [3.05, 3.63) is 11.9 Å². The Morgan fingerprint density at radius 3 is 2.69 bits per heavy atom. The molecule has 0 spiro atoms. The van der Waals surface area contributed by atoms with Crippen LogP contribution in [0.25, 0.3) is 0 Å². The van der Waals surface area contributed by atoms with E-state index in [1.54, 1.807) is 7.05 Å². The molecule has 1 aromatic heterocycles. The highest BCUT2D eigenvalue weighted by molar-refractivity contribution is 5.55. The standard InChI is InChI=1S/C8H15N5/c1-3-4-6-7(9)11-5-12-8(6)13(2)10/h5H,3-4,10H2,1-2H3,(H2,9,11,12). The summed E-state index contributed by atoms with van der Waals surface area (Å²) in [4.78, 5) is 7.99. The molecule has 5 nitrogen and oxygen atoms in total. The predicted molar refractivity (Wildman–Crippen MR) is 53.0 cm³/mol. The number of aromatic nitrogens is 2. The molecule has 0 aromatic carbocycles. The largest absolute Gasteiger partial charge is 0.383 e. The van der Waals surface area contributed by atoms with Crippen molar-refractivity contribution in [1.29, 1.82) is 0 Å². The zero-order chi connectivity index (χ0) is 9.84. The van der Waals surface area contributed by atoms with Crippen LogP contribution in [0.4, 0.5) is 11.6 Å². The fraction of sp³-hybridized carbons (Fsp3) is 0.500. The first-order valence-corrected chi connectivity index (χ1v) is 4.24. The zero-order valence-electron chi connectivity index (χ0n) is 7.99. The van der Waals surface area contributed by atoms with Gasteiger partial charge in [-0.05, 0) is 6.42 Å². The minimum absolute atomic E-state index is 0.518. The summed E-state index contributed by atoms with van der Waals surface area (Å²) in [5, 5.41) is 1.46. The van der Waals surface area contributed by atoms with Gasteiger partial charge in [0.25, 0.3) is 0 Å². The highest BCUT2D eigenvalue weighted by atomic mass is 15.4. The molecule has 0 fully saturated rings. The highest BCUT2D eigenvalue weighted by Gasteiger charge is 2.09. The van der Waals surface area contributed by atoms with Crippen LogP contribution in [-0.4, -0.2) is 17.0 Å². The van der Waals surface area contributed by atoms with Gasteiger partial charge in [-0.2, -0.15) is 0 Å². The lowest BCUT2D eigenvalue weighted by atomic mass is 10.1. The quantitative estimate of drug-likeness (QED) is 0.518. The maximum Gasteiger partial charge on any atom is 0.151 e. The van der Waals surface area contributed by atoms with Crippen molar-refractivity contribution in [1.82, 2.24) is 9.97 Å². The van der Waals surface area contributed by atoms with Crippen molar-refractivity contribution in [2.24, 2.45) is 5.84 Å². The lowest BCUT2D eigenvalue weighted by molar-refractivity contribution is 0.873. The van der Waals surface area contributed by atoms with Gasteiger partial charge in [0.1, 0.15) is 12.1 Å². The zero-order valence-corrected chi connectivity index (χ0v) is 7.99. The van der Waals surface area contributed by atoms with Crippen molar-refractivity contribution >= 4 is 11.6 Å². The van der Waals surface area contributed by atoms with Gasteiger partial charge in [-0.25, -0.2) is 15.8 Å². The number of rotatable bonds is 3. The molecule has 0 bridgehead atoms. The molecule has 5 heteroatoms. The van der Waals surface area contributed by atoms with Gasteiger partial charge in [-0.3, -0.25) is 5.01 Å². The lowest BCUT2D eigenvalue weighted by Gasteiger charge is -2.15. The van der Waals surface area contributed by atoms with Crippen LogP contribution in [0.1, 0.15) is 18.9 Å². The monoisotopic (exact) mass is 181 g/mol. The number of nitrogen functional groups attached to an aromatic ring is 1. The summed E-state index contributed by atoms with van der Waals surface area (Å²) >= 11 is 0. The molecule has 1 heterocycles. The Balaban J connectivity index is 3.09. The summed E-state index contributed by atoms with van der Waals surface area (Å²) in [5.41, 5.74) is 6.64. The number of nitrogens with zero attached hydrogens (tertiary/aromatic N) is 3. The second-order valence-electron chi connectivity index (χ2n) is 2.92. The molecule has 72 valence electrons. The summed E-state index contributed by atoms with van der Waals surface area (Å²) in [6.07, 6.45) is 3.27. The molecule has 0 saturated heterocycles.